The summed E-state index contributed by atoms with van der Waals surface area (Å²) in [6.07, 6.45) is 1.72. The van der Waals surface area contributed by atoms with Crippen molar-refractivity contribution in [2.24, 2.45) is 0 Å². The smallest absolute Gasteiger partial charge is 0.408 e. The Kier molecular flexibility index (Phi) is 9.28. The highest BCUT2D eigenvalue weighted by molar-refractivity contribution is 5.82. The Labute approximate surface area is 184 Å². The average molecular weight is 426 g/mol. The molecule has 0 fully saturated rings. The minimum Gasteiger partial charge on any atom is -0.463 e. The van der Waals surface area contributed by atoms with E-state index in [0.717, 1.165) is 11.1 Å². The minimum atomic E-state index is -0.646. The Hall–Kier alpha value is -3.12. The Morgan fingerprint density at radius 3 is 2.19 bits per heavy atom. The van der Waals surface area contributed by atoms with Crippen molar-refractivity contribution in [3.63, 3.8) is 0 Å². The summed E-state index contributed by atoms with van der Waals surface area (Å²) in [5, 5.41) is 2.89. The molecule has 0 aliphatic heterocycles. The van der Waals surface area contributed by atoms with Crippen LogP contribution in [0.1, 0.15) is 44.9 Å². The lowest BCUT2D eigenvalue weighted by atomic mass is 10.0. The first kappa shape index (κ1) is 24.2. The number of ether oxygens (including phenoxy) is 3. The first-order valence-corrected chi connectivity index (χ1v) is 10.3. The zero-order valence-corrected chi connectivity index (χ0v) is 18.5. The van der Waals surface area contributed by atoms with Crippen LogP contribution < -0.4 is 5.32 Å². The number of hydrogen-bond donors (Lipinski definition) is 1. The fourth-order valence-corrected chi connectivity index (χ4v) is 2.84. The Morgan fingerprint density at radius 1 is 1.00 bits per heavy atom. The van der Waals surface area contributed by atoms with Gasteiger partial charge in [-0.15, -0.1) is 0 Å². The number of alkyl carbamates (subject to hydrolysis) is 1. The maximum Gasteiger partial charge on any atom is 0.408 e. The second-order valence-corrected chi connectivity index (χ2v) is 7.91. The summed E-state index contributed by atoms with van der Waals surface area (Å²) in [4.78, 5) is 24.5. The van der Waals surface area contributed by atoms with Crippen LogP contribution in [-0.2, 0) is 25.6 Å². The molecule has 2 atom stereocenters. The zero-order chi connectivity index (χ0) is 22.7. The summed E-state index contributed by atoms with van der Waals surface area (Å²) >= 11 is 0. The van der Waals surface area contributed by atoms with Gasteiger partial charge in [-0.3, -0.25) is 0 Å². The van der Waals surface area contributed by atoms with Crippen LogP contribution in [0.4, 0.5) is 4.79 Å². The van der Waals surface area contributed by atoms with Crippen LogP contribution in [0.25, 0.3) is 0 Å². The van der Waals surface area contributed by atoms with Crippen molar-refractivity contribution in [1.82, 2.24) is 5.32 Å². The second-order valence-electron chi connectivity index (χ2n) is 7.91. The van der Waals surface area contributed by atoms with Gasteiger partial charge in [0.2, 0.25) is 0 Å². The molecule has 0 aliphatic carbocycles. The molecule has 2 aromatic carbocycles. The minimum absolute atomic E-state index is 0.275. The first-order chi connectivity index (χ1) is 14.8. The Bertz CT molecular complexity index is 843. The highest BCUT2D eigenvalue weighted by atomic mass is 16.6. The van der Waals surface area contributed by atoms with Gasteiger partial charge in [0.25, 0.3) is 0 Å². The maximum atomic E-state index is 12.6. The van der Waals surface area contributed by atoms with Gasteiger partial charge in [0, 0.05) is 6.08 Å². The van der Waals surface area contributed by atoms with E-state index in [-0.39, 0.29) is 6.61 Å². The number of rotatable bonds is 9. The monoisotopic (exact) mass is 425 g/mol. The second kappa shape index (κ2) is 11.9. The molecule has 166 valence electrons. The molecule has 6 nitrogen and oxygen atoms in total. The van der Waals surface area contributed by atoms with Crippen molar-refractivity contribution >= 4 is 12.1 Å². The molecule has 1 amide bonds. The molecule has 1 N–H and O–H groups in total. The number of nitrogens with one attached hydrogen (secondary N) is 1. The quantitative estimate of drug-likeness (QED) is 0.454. The van der Waals surface area contributed by atoms with Crippen LogP contribution in [0.2, 0.25) is 0 Å². The number of amides is 1. The van der Waals surface area contributed by atoms with Crippen molar-refractivity contribution < 1.29 is 23.8 Å². The van der Waals surface area contributed by atoms with Crippen molar-refractivity contribution in [2.45, 2.75) is 52.0 Å². The molecule has 0 heterocycles. The van der Waals surface area contributed by atoms with Gasteiger partial charge in [0.15, 0.2) is 0 Å². The fraction of sp³-hybridized carbons (Fsp3) is 0.360. The third-order valence-electron chi connectivity index (χ3n) is 4.15. The summed E-state index contributed by atoms with van der Waals surface area (Å²) in [6, 6.07) is 18.5. The van der Waals surface area contributed by atoms with Crippen molar-refractivity contribution in [3.8, 4) is 0 Å². The lowest BCUT2D eigenvalue weighted by Crippen LogP contribution is -2.40. The molecule has 0 bridgehead atoms. The molecule has 0 spiro atoms. The van der Waals surface area contributed by atoms with Gasteiger partial charge in [0.05, 0.1) is 19.3 Å². The summed E-state index contributed by atoms with van der Waals surface area (Å²) in [6.45, 7) is 7.72. The molecular weight excluding hydrogens is 394 g/mol. The molecule has 6 heteroatoms. The van der Waals surface area contributed by atoms with E-state index in [0.29, 0.717) is 6.61 Å². The molecular formula is C25H31NO5. The number of carbonyl (C=O) groups is 2. The van der Waals surface area contributed by atoms with Crippen LogP contribution in [0.3, 0.4) is 0 Å². The summed E-state index contributed by atoms with van der Waals surface area (Å²) in [5.74, 6) is -0.472. The first-order valence-electron chi connectivity index (χ1n) is 10.3. The maximum absolute atomic E-state index is 12.6. The summed E-state index contributed by atoms with van der Waals surface area (Å²) in [7, 11) is 0. The van der Waals surface area contributed by atoms with Crippen LogP contribution in [0.15, 0.2) is 72.8 Å². The van der Waals surface area contributed by atoms with Crippen LogP contribution in [0.5, 0.6) is 0 Å². The number of carbonyl (C=O) groups excluding carboxylic acids is 2. The number of esters is 1. The molecule has 2 aromatic rings. The van der Waals surface area contributed by atoms with Crippen LogP contribution in [-0.4, -0.2) is 30.4 Å². The predicted molar refractivity (Wildman–Crippen MR) is 119 cm³/mol. The largest absolute Gasteiger partial charge is 0.463 e. The zero-order valence-electron chi connectivity index (χ0n) is 18.5. The van der Waals surface area contributed by atoms with E-state index in [9.17, 15) is 9.59 Å². The topological polar surface area (TPSA) is 73.9 Å². The number of hydrogen-bond acceptors (Lipinski definition) is 5. The normalized spacial score (nSPS) is 13.4. The average Bonchev–Trinajstić information content (AvgIpc) is 2.73. The van der Waals surface area contributed by atoms with E-state index < -0.39 is 29.8 Å². The van der Waals surface area contributed by atoms with Crippen molar-refractivity contribution in [3.05, 3.63) is 83.9 Å². The standard InChI is InChI=1S/C25H31NO5/c1-5-29-22(27)17-16-21(30-18-19-12-8-6-9-13-19)23(20-14-10-7-11-15-20)26-24(28)31-25(2,3)4/h6-17,21,23H,5,18H2,1-4H3,(H,26,28)/b17-16+/t21-,23-/m0/s1. The molecule has 2 rings (SSSR count). The third-order valence-corrected chi connectivity index (χ3v) is 4.15. The van der Waals surface area contributed by atoms with E-state index >= 15 is 0 Å². The summed E-state index contributed by atoms with van der Waals surface area (Å²) in [5.41, 5.74) is 1.15. The van der Waals surface area contributed by atoms with Gasteiger partial charge < -0.3 is 19.5 Å². The van der Waals surface area contributed by atoms with Crippen LogP contribution >= 0.6 is 0 Å². The van der Waals surface area contributed by atoms with Gasteiger partial charge >= 0.3 is 12.1 Å². The van der Waals surface area contributed by atoms with Gasteiger partial charge in [-0.25, -0.2) is 9.59 Å². The molecule has 0 aliphatic rings. The van der Waals surface area contributed by atoms with Gasteiger partial charge in [-0.05, 0) is 44.9 Å². The molecule has 0 aromatic heterocycles. The fourth-order valence-electron chi connectivity index (χ4n) is 2.84. The SMILES string of the molecule is CCOC(=O)/C=C/[C@H](OCc1ccccc1)[C@@H](NC(=O)OC(C)(C)C)c1ccccc1. The van der Waals surface area contributed by atoms with E-state index in [4.69, 9.17) is 14.2 Å². The van der Waals surface area contributed by atoms with E-state index in [1.165, 1.54) is 6.08 Å². The lowest BCUT2D eigenvalue weighted by Gasteiger charge is -2.28. The number of benzene rings is 2. The lowest BCUT2D eigenvalue weighted by molar-refractivity contribution is -0.137. The van der Waals surface area contributed by atoms with Crippen molar-refractivity contribution in [1.29, 1.82) is 0 Å². The van der Waals surface area contributed by atoms with E-state index in [2.05, 4.69) is 5.32 Å². The molecule has 0 unspecified atom stereocenters. The summed E-state index contributed by atoms with van der Waals surface area (Å²) < 4.78 is 16.6. The van der Waals surface area contributed by atoms with Gasteiger partial charge in [-0.2, -0.15) is 0 Å². The molecule has 0 radical (unpaired) electrons. The predicted octanol–water partition coefficient (Wildman–Crippen LogP) is 4.96. The highest BCUT2D eigenvalue weighted by Crippen LogP contribution is 2.23. The Morgan fingerprint density at radius 2 is 1.61 bits per heavy atom. The molecule has 0 saturated heterocycles. The third kappa shape index (κ3) is 9.05. The Balaban J connectivity index is 2.30. The van der Waals surface area contributed by atoms with Gasteiger partial charge in [-0.1, -0.05) is 60.7 Å². The van der Waals surface area contributed by atoms with E-state index in [1.54, 1.807) is 33.8 Å². The molecule has 0 saturated carbocycles. The highest BCUT2D eigenvalue weighted by Gasteiger charge is 2.27. The van der Waals surface area contributed by atoms with E-state index in [1.807, 2.05) is 60.7 Å². The van der Waals surface area contributed by atoms with Crippen LogP contribution in [0, 0.1) is 0 Å². The van der Waals surface area contributed by atoms with Crippen molar-refractivity contribution in [2.75, 3.05) is 6.61 Å². The molecule has 31 heavy (non-hydrogen) atoms. The van der Waals surface area contributed by atoms with Gasteiger partial charge in [0.1, 0.15) is 11.7 Å².